The number of aryl methyl sites for hydroxylation is 1. The molecule has 0 amide bonds. The van der Waals surface area contributed by atoms with Crippen molar-refractivity contribution in [2.24, 2.45) is 0 Å². The lowest BCUT2D eigenvalue weighted by molar-refractivity contribution is 0.252. The summed E-state index contributed by atoms with van der Waals surface area (Å²) < 4.78 is 36.7. The van der Waals surface area contributed by atoms with Gasteiger partial charge >= 0.3 is 10.1 Å². The minimum absolute atomic E-state index is 0.207. The van der Waals surface area contributed by atoms with Crippen LogP contribution in [0.3, 0.4) is 0 Å². The molecule has 0 aliphatic carbocycles. The molecule has 0 aliphatic heterocycles. The lowest BCUT2D eigenvalue weighted by Crippen LogP contribution is -2.25. The van der Waals surface area contributed by atoms with Crippen molar-refractivity contribution in [3.63, 3.8) is 0 Å². The average molecular weight is 343 g/mol. The van der Waals surface area contributed by atoms with Crippen LogP contribution >= 0.6 is 0 Å². The normalized spacial score (nSPS) is 13.0. The maximum atomic E-state index is 11.1. The fourth-order valence-corrected chi connectivity index (χ4v) is 3.18. The van der Waals surface area contributed by atoms with Gasteiger partial charge in [0.05, 0.1) is 0 Å². The zero-order valence-electron chi connectivity index (χ0n) is 14.3. The molecule has 1 unspecified atom stereocenters. The maximum absolute atomic E-state index is 11.1. The lowest BCUT2D eigenvalue weighted by Gasteiger charge is -2.14. The maximum Gasteiger partial charge on any atom is 0.303 e. The van der Waals surface area contributed by atoms with Crippen LogP contribution < -0.4 is 4.74 Å². The average Bonchev–Trinajstić information content (AvgIpc) is 2.52. The summed E-state index contributed by atoms with van der Waals surface area (Å²) >= 11 is 0. The van der Waals surface area contributed by atoms with Crippen LogP contribution in [-0.4, -0.2) is 18.4 Å². The van der Waals surface area contributed by atoms with Gasteiger partial charge < -0.3 is 4.74 Å². The van der Waals surface area contributed by atoms with E-state index >= 15 is 0 Å². The van der Waals surface area contributed by atoms with Crippen molar-refractivity contribution >= 4 is 10.1 Å². The van der Waals surface area contributed by atoms with Gasteiger partial charge in [-0.25, -0.2) is 0 Å². The molecular weight excluding hydrogens is 312 g/mol. The van der Waals surface area contributed by atoms with Crippen molar-refractivity contribution in [3.8, 4) is 5.75 Å². The summed E-state index contributed by atoms with van der Waals surface area (Å²) in [5.41, 5.74) is 0.0299. The number of unbranched alkanes of at least 4 members (excludes halogenated alkanes) is 6. The molecule has 0 spiro atoms. The summed E-state index contributed by atoms with van der Waals surface area (Å²) in [4.78, 5) is 0. The van der Waals surface area contributed by atoms with Crippen LogP contribution in [0.2, 0.25) is 0 Å². The van der Waals surface area contributed by atoms with Crippen molar-refractivity contribution in [3.05, 3.63) is 29.8 Å². The minimum Gasteiger partial charge on any atom is -0.472 e. The largest absolute Gasteiger partial charge is 0.472 e. The second-order valence-electron chi connectivity index (χ2n) is 5.99. The quantitative estimate of drug-likeness (QED) is 0.430. The summed E-state index contributed by atoms with van der Waals surface area (Å²) in [5.74, 6) is 0.470. The third-order valence-corrected chi connectivity index (χ3v) is 5.02. The fourth-order valence-electron chi connectivity index (χ4n) is 2.53. The Hall–Kier alpha value is -1.07. The van der Waals surface area contributed by atoms with E-state index in [0.29, 0.717) is 5.75 Å². The van der Waals surface area contributed by atoms with Gasteiger partial charge in [-0.05, 0) is 37.0 Å². The van der Waals surface area contributed by atoms with E-state index in [1.54, 1.807) is 19.1 Å². The number of benzene rings is 1. The molecule has 1 aromatic carbocycles. The fraction of sp³-hybridized carbons (Fsp3) is 0.667. The second kappa shape index (κ2) is 10.7. The Kier molecular flexibility index (Phi) is 9.26. The molecule has 1 aromatic rings. The van der Waals surface area contributed by atoms with Crippen LogP contribution in [0.4, 0.5) is 0 Å². The third kappa shape index (κ3) is 8.37. The highest BCUT2D eigenvalue weighted by Gasteiger charge is 2.22. The standard InChI is InChI=1S/C18H30O4S/c1-3-5-6-7-8-9-10-11-16-12-14-17(15-13-16)22-18(4-2)23(19,20)21/h12-15,18H,3-11H2,1-2H3,(H,19,20,21). The Balaban J connectivity index is 2.33. The zero-order valence-corrected chi connectivity index (χ0v) is 15.1. The van der Waals surface area contributed by atoms with Gasteiger partial charge in [0.25, 0.3) is 0 Å². The van der Waals surface area contributed by atoms with Crippen LogP contribution in [0.5, 0.6) is 5.75 Å². The van der Waals surface area contributed by atoms with Gasteiger partial charge in [0.2, 0.25) is 5.44 Å². The number of hydrogen-bond donors (Lipinski definition) is 1. The van der Waals surface area contributed by atoms with Gasteiger partial charge in [0.1, 0.15) is 5.75 Å². The van der Waals surface area contributed by atoms with Crippen molar-refractivity contribution in [1.82, 2.24) is 0 Å². The molecule has 1 rings (SSSR count). The first-order valence-corrected chi connectivity index (χ1v) is 10.2. The topological polar surface area (TPSA) is 63.6 Å². The molecule has 0 aliphatic rings. The molecule has 0 saturated carbocycles. The Morgan fingerprint density at radius 1 is 0.957 bits per heavy atom. The SMILES string of the molecule is CCCCCCCCCc1ccc(OC(CC)S(=O)(=O)O)cc1. The van der Waals surface area contributed by atoms with Crippen molar-refractivity contribution < 1.29 is 17.7 Å². The van der Waals surface area contributed by atoms with E-state index in [9.17, 15) is 8.42 Å². The lowest BCUT2D eigenvalue weighted by atomic mass is 10.0. The van der Waals surface area contributed by atoms with Crippen molar-refractivity contribution in [2.45, 2.75) is 77.1 Å². The zero-order chi connectivity index (χ0) is 17.1. The predicted molar refractivity (Wildman–Crippen MR) is 94.4 cm³/mol. The molecule has 0 aromatic heterocycles. The monoisotopic (exact) mass is 342 g/mol. The van der Waals surface area contributed by atoms with E-state index in [1.807, 2.05) is 12.1 Å². The molecule has 0 saturated heterocycles. The van der Waals surface area contributed by atoms with Gasteiger partial charge in [0, 0.05) is 0 Å². The summed E-state index contributed by atoms with van der Waals surface area (Å²) in [6, 6.07) is 7.46. The Morgan fingerprint density at radius 2 is 1.52 bits per heavy atom. The first kappa shape index (κ1) is 20.0. The first-order valence-electron chi connectivity index (χ1n) is 8.69. The van der Waals surface area contributed by atoms with E-state index < -0.39 is 15.6 Å². The second-order valence-corrected chi connectivity index (χ2v) is 7.54. The highest BCUT2D eigenvalue weighted by atomic mass is 32.2. The summed E-state index contributed by atoms with van der Waals surface area (Å²) in [5, 5.41) is 0. The van der Waals surface area contributed by atoms with E-state index in [2.05, 4.69) is 6.92 Å². The summed E-state index contributed by atoms with van der Waals surface area (Å²) in [6.45, 7) is 3.89. The van der Waals surface area contributed by atoms with Gasteiger partial charge in [-0.3, -0.25) is 4.55 Å². The van der Waals surface area contributed by atoms with Gasteiger partial charge in [-0.2, -0.15) is 8.42 Å². The third-order valence-electron chi connectivity index (χ3n) is 3.93. The Labute approximate surface area is 141 Å². The van der Waals surface area contributed by atoms with Gasteiger partial charge in [-0.15, -0.1) is 0 Å². The number of rotatable bonds is 12. The molecule has 1 atom stereocenters. The smallest absolute Gasteiger partial charge is 0.303 e. The van der Waals surface area contributed by atoms with E-state index in [0.717, 1.165) is 6.42 Å². The van der Waals surface area contributed by atoms with Crippen LogP contribution in [0.25, 0.3) is 0 Å². The summed E-state index contributed by atoms with van der Waals surface area (Å²) in [7, 11) is -4.17. The molecule has 0 bridgehead atoms. The van der Waals surface area contributed by atoms with E-state index in [4.69, 9.17) is 9.29 Å². The molecule has 5 heteroatoms. The van der Waals surface area contributed by atoms with Crippen molar-refractivity contribution in [2.75, 3.05) is 0 Å². The van der Waals surface area contributed by atoms with Crippen LogP contribution in [0, 0.1) is 0 Å². The van der Waals surface area contributed by atoms with Crippen LogP contribution in [-0.2, 0) is 16.5 Å². The molecule has 132 valence electrons. The number of ether oxygens (including phenoxy) is 1. The van der Waals surface area contributed by atoms with Gasteiger partial charge in [0.15, 0.2) is 0 Å². The summed E-state index contributed by atoms with van der Waals surface area (Å²) in [6.07, 6.45) is 10.3. The van der Waals surface area contributed by atoms with E-state index in [1.165, 1.54) is 50.5 Å². The number of hydrogen-bond acceptors (Lipinski definition) is 3. The van der Waals surface area contributed by atoms with Crippen LogP contribution in [0.15, 0.2) is 24.3 Å². The molecule has 0 heterocycles. The molecule has 4 nitrogen and oxygen atoms in total. The first-order chi connectivity index (χ1) is 11.0. The van der Waals surface area contributed by atoms with Gasteiger partial charge in [-0.1, -0.05) is 64.5 Å². The van der Waals surface area contributed by atoms with Crippen LogP contribution in [0.1, 0.15) is 70.8 Å². The predicted octanol–water partition coefficient (Wildman–Crippen LogP) is 4.98. The van der Waals surface area contributed by atoms with E-state index in [-0.39, 0.29) is 6.42 Å². The highest BCUT2D eigenvalue weighted by Crippen LogP contribution is 2.18. The minimum atomic E-state index is -4.17. The Morgan fingerprint density at radius 3 is 2.04 bits per heavy atom. The highest BCUT2D eigenvalue weighted by molar-refractivity contribution is 7.86. The Bertz CT molecular complexity index is 522. The molecular formula is C18H30O4S. The molecule has 1 N–H and O–H groups in total. The molecule has 0 radical (unpaired) electrons. The molecule has 23 heavy (non-hydrogen) atoms. The van der Waals surface area contributed by atoms with Crippen molar-refractivity contribution in [1.29, 1.82) is 0 Å². The molecule has 0 fully saturated rings.